The van der Waals surface area contributed by atoms with Crippen LogP contribution in [0.2, 0.25) is 0 Å². The van der Waals surface area contributed by atoms with Crippen molar-refractivity contribution in [2.75, 3.05) is 13.7 Å². The number of hydrogen-bond acceptors (Lipinski definition) is 4. The van der Waals surface area contributed by atoms with Gasteiger partial charge in [-0.3, -0.25) is 14.5 Å². The molecule has 2 amide bonds. The minimum Gasteiger partial charge on any atom is -0.466 e. The number of rotatable bonds is 3. The van der Waals surface area contributed by atoms with E-state index < -0.39 is 5.97 Å². The molecule has 1 heterocycles. The monoisotopic (exact) mass is 245 g/mol. The molecular formula is C13H11NO4. The molecule has 2 rings (SSSR count). The van der Waals surface area contributed by atoms with Crippen LogP contribution < -0.4 is 0 Å². The molecule has 1 aliphatic rings. The number of carbonyl (C=O) groups is 3. The maximum Gasteiger partial charge on any atom is 0.330 e. The van der Waals surface area contributed by atoms with Crippen molar-refractivity contribution in [2.45, 2.75) is 0 Å². The first-order valence-electron chi connectivity index (χ1n) is 5.35. The van der Waals surface area contributed by atoms with Crippen molar-refractivity contribution in [3.8, 4) is 0 Å². The molecule has 0 spiro atoms. The molecule has 0 aliphatic carbocycles. The maximum atomic E-state index is 11.9. The second kappa shape index (κ2) is 4.83. The van der Waals surface area contributed by atoms with Gasteiger partial charge in [0.15, 0.2) is 0 Å². The molecular weight excluding hydrogens is 234 g/mol. The summed E-state index contributed by atoms with van der Waals surface area (Å²) in [6, 6.07) is 6.63. The first kappa shape index (κ1) is 12.0. The summed E-state index contributed by atoms with van der Waals surface area (Å²) >= 11 is 0. The highest BCUT2D eigenvalue weighted by atomic mass is 16.5. The lowest BCUT2D eigenvalue weighted by molar-refractivity contribution is -0.134. The lowest BCUT2D eigenvalue weighted by Crippen LogP contribution is -2.29. The van der Waals surface area contributed by atoms with Gasteiger partial charge in [0.25, 0.3) is 11.8 Å². The summed E-state index contributed by atoms with van der Waals surface area (Å²) in [6.45, 7) is 0.0570. The molecule has 0 saturated heterocycles. The predicted octanol–water partition coefficient (Wildman–Crippen LogP) is 1.01. The molecule has 92 valence electrons. The van der Waals surface area contributed by atoms with E-state index in [9.17, 15) is 14.4 Å². The van der Waals surface area contributed by atoms with Crippen LogP contribution in [-0.4, -0.2) is 36.3 Å². The van der Waals surface area contributed by atoms with Crippen molar-refractivity contribution < 1.29 is 19.1 Å². The third kappa shape index (κ3) is 2.02. The van der Waals surface area contributed by atoms with Gasteiger partial charge in [-0.25, -0.2) is 4.79 Å². The second-order valence-electron chi connectivity index (χ2n) is 3.69. The number of imide groups is 1. The SMILES string of the molecule is COC(=O)/C=C\CN1C(=O)c2ccccc2C1=O. The van der Waals surface area contributed by atoms with Gasteiger partial charge in [0.2, 0.25) is 0 Å². The Bertz CT molecular complexity index is 513. The molecule has 0 bridgehead atoms. The van der Waals surface area contributed by atoms with Crippen LogP contribution in [-0.2, 0) is 9.53 Å². The van der Waals surface area contributed by atoms with Crippen molar-refractivity contribution in [1.29, 1.82) is 0 Å². The summed E-state index contributed by atoms with van der Waals surface area (Å²) in [6.07, 6.45) is 2.61. The van der Waals surface area contributed by atoms with E-state index in [1.165, 1.54) is 19.3 Å². The van der Waals surface area contributed by atoms with Gasteiger partial charge >= 0.3 is 5.97 Å². The number of ether oxygens (including phenoxy) is 1. The lowest BCUT2D eigenvalue weighted by Gasteiger charge is -2.09. The largest absolute Gasteiger partial charge is 0.466 e. The summed E-state index contributed by atoms with van der Waals surface area (Å²) in [7, 11) is 1.26. The fourth-order valence-electron chi connectivity index (χ4n) is 1.73. The van der Waals surface area contributed by atoms with E-state index >= 15 is 0 Å². The van der Waals surface area contributed by atoms with Gasteiger partial charge < -0.3 is 4.74 Å². The van der Waals surface area contributed by atoms with Crippen LogP contribution in [0.15, 0.2) is 36.4 Å². The number of nitrogens with zero attached hydrogens (tertiary/aromatic N) is 1. The Hall–Kier alpha value is -2.43. The van der Waals surface area contributed by atoms with Crippen molar-refractivity contribution in [2.24, 2.45) is 0 Å². The molecule has 0 unspecified atom stereocenters. The standard InChI is InChI=1S/C13H11NO4/c1-18-11(15)7-4-8-14-12(16)9-5-2-3-6-10(9)13(14)17/h2-7H,8H2,1H3/b7-4-. The number of hydrogen-bond donors (Lipinski definition) is 0. The predicted molar refractivity (Wildman–Crippen MR) is 63.0 cm³/mol. The molecule has 1 aliphatic heterocycles. The molecule has 5 nitrogen and oxygen atoms in total. The van der Waals surface area contributed by atoms with Gasteiger partial charge in [0, 0.05) is 12.6 Å². The third-order valence-electron chi connectivity index (χ3n) is 2.62. The van der Waals surface area contributed by atoms with Crippen LogP contribution in [0, 0.1) is 0 Å². The Balaban J connectivity index is 2.14. The molecule has 0 fully saturated rings. The Morgan fingerprint density at radius 3 is 2.28 bits per heavy atom. The van der Waals surface area contributed by atoms with Crippen molar-refractivity contribution in [3.05, 3.63) is 47.5 Å². The normalized spacial score (nSPS) is 14.2. The molecule has 0 saturated carbocycles. The van der Waals surface area contributed by atoms with Crippen molar-refractivity contribution >= 4 is 17.8 Å². The minimum absolute atomic E-state index is 0.0570. The average molecular weight is 245 g/mol. The number of benzene rings is 1. The van der Waals surface area contributed by atoms with Gasteiger partial charge in [-0.2, -0.15) is 0 Å². The van der Waals surface area contributed by atoms with Crippen LogP contribution in [0.4, 0.5) is 0 Å². The topological polar surface area (TPSA) is 63.7 Å². The molecule has 1 aromatic carbocycles. The van der Waals surface area contributed by atoms with E-state index in [0.717, 1.165) is 4.90 Å². The molecule has 0 N–H and O–H groups in total. The van der Waals surface area contributed by atoms with Crippen LogP contribution in [0.3, 0.4) is 0 Å². The Morgan fingerprint density at radius 2 is 1.78 bits per heavy atom. The highest BCUT2D eigenvalue weighted by molar-refractivity contribution is 6.21. The van der Waals surface area contributed by atoms with E-state index in [0.29, 0.717) is 11.1 Å². The van der Waals surface area contributed by atoms with E-state index in [1.807, 2.05) is 0 Å². The average Bonchev–Trinajstić information content (AvgIpc) is 2.64. The third-order valence-corrected chi connectivity index (χ3v) is 2.62. The van der Waals surface area contributed by atoms with E-state index in [-0.39, 0.29) is 18.4 Å². The summed E-state index contributed by atoms with van der Waals surface area (Å²) in [4.78, 5) is 35.8. The van der Waals surface area contributed by atoms with Gasteiger partial charge in [0.1, 0.15) is 0 Å². The number of carbonyl (C=O) groups excluding carboxylic acids is 3. The van der Waals surface area contributed by atoms with E-state index in [2.05, 4.69) is 4.74 Å². The van der Waals surface area contributed by atoms with E-state index in [4.69, 9.17) is 0 Å². The lowest BCUT2D eigenvalue weighted by atomic mass is 10.1. The first-order valence-corrected chi connectivity index (χ1v) is 5.35. The Labute approximate surface area is 104 Å². The van der Waals surface area contributed by atoms with Crippen molar-refractivity contribution in [1.82, 2.24) is 4.90 Å². The molecule has 0 atom stereocenters. The van der Waals surface area contributed by atoms with Crippen molar-refractivity contribution in [3.63, 3.8) is 0 Å². The summed E-state index contributed by atoms with van der Waals surface area (Å²) in [5, 5.41) is 0. The summed E-state index contributed by atoms with van der Waals surface area (Å²) < 4.78 is 4.42. The molecule has 5 heteroatoms. The van der Waals surface area contributed by atoms with Gasteiger partial charge in [-0.05, 0) is 12.1 Å². The highest BCUT2D eigenvalue weighted by Gasteiger charge is 2.34. The molecule has 0 radical (unpaired) electrons. The highest BCUT2D eigenvalue weighted by Crippen LogP contribution is 2.21. The molecule has 1 aromatic rings. The number of fused-ring (bicyclic) bond motifs is 1. The van der Waals surface area contributed by atoms with Gasteiger partial charge in [-0.15, -0.1) is 0 Å². The zero-order chi connectivity index (χ0) is 13.1. The fraction of sp³-hybridized carbons (Fsp3) is 0.154. The first-order chi connectivity index (χ1) is 8.65. The molecule has 18 heavy (non-hydrogen) atoms. The molecule has 0 aromatic heterocycles. The quantitative estimate of drug-likeness (QED) is 0.453. The second-order valence-corrected chi connectivity index (χ2v) is 3.69. The Kier molecular flexibility index (Phi) is 3.23. The number of esters is 1. The Morgan fingerprint density at radius 1 is 1.22 bits per heavy atom. The van der Waals surface area contributed by atoms with Gasteiger partial charge in [0.05, 0.1) is 18.2 Å². The fourth-order valence-corrected chi connectivity index (χ4v) is 1.73. The van der Waals surface area contributed by atoms with Crippen LogP contribution in [0.25, 0.3) is 0 Å². The minimum atomic E-state index is -0.522. The van der Waals surface area contributed by atoms with Gasteiger partial charge in [-0.1, -0.05) is 18.2 Å². The zero-order valence-electron chi connectivity index (χ0n) is 9.75. The number of methoxy groups -OCH3 is 1. The smallest absolute Gasteiger partial charge is 0.330 e. The number of amides is 2. The maximum absolute atomic E-state index is 11.9. The van der Waals surface area contributed by atoms with E-state index in [1.54, 1.807) is 24.3 Å². The zero-order valence-corrected chi connectivity index (χ0v) is 9.75. The summed E-state index contributed by atoms with van der Waals surface area (Å²) in [5.41, 5.74) is 0.794. The van der Waals surface area contributed by atoms with Crippen LogP contribution in [0.5, 0.6) is 0 Å². The van der Waals surface area contributed by atoms with Crippen LogP contribution in [0.1, 0.15) is 20.7 Å². The van der Waals surface area contributed by atoms with Crippen LogP contribution >= 0.6 is 0 Å². The summed E-state index contributed by atoms with van der Waals surface area (Å²) in [5.74, 6) is -1.21.